The largest absolute Gasteiger partial charge is 0.500 e. The van der Waals surface area contributed by atoms with E-state index in [0.717, 1.165) is 19.6 Å². The molecule has 1 saturated heterocycles. The highest BCUT2D eigenvalue weighted by Gasteiger charge is 2.24. The summed E-state index contributed by atoms with van der Waals surface area (Å²) < 4.78 is 5.17. The van der Waals surface area contributed by atoms with E-state index in [4.69, 9.17) is 4.74 Å². The Kier molecular flexibility index (Phi) is 3.97. The van der Waals surface area contributed by atoms with Gasteiger partial charge in [0.1, 0.15) is 6.61 Å². The second-order valence-corrected chi connectivity index (χ2v) is 3.84. The molecule has 16 heavy (non-hydrogen) atoms. The summed E-state index contributed by atoms with van der Waals surface area (Å²) in [6, 6.07) is 10.5. The third-order valence-corrected chi connectivity index (χ3v) is 2.83. The second kappa shape index (κ2) is 5.68. The van der Waals surface area contributed by atoms with Crippen molar-refractivity contribution >= 4 is 0 Å². The minimum Gasteiger partial charge on any atom is -0.500 e. The summed E-state index contributed by atoms with van der Waals surface area (Å²) in [5.41, 5.74) is 1.32. The molecule has 0 aliphatic carbocycles. The van der Waals surface area contributed by atoms with Gasteiger partial charge in [0.05, 0.1) is 12.4 Å². The summed E-state index contributed by atoms with van der Waals surface area (Å²) >= 11 is 0. The Hall–Kier alpha value is -1.32. The molecule has 3 heteroatoms. The Morgan fingerprint density at radius 1 is 1.44 bits per heavy atom. The van der Waals surface area contributed by atoms with E-state index < -0.39 is 0 Å². The van der Waals surface area contributed by atoms with Crippen molar-refractivity contribution < 1.29 is 4.74 Å². The summed E-state index contributed by atoms with van der Waals surface area (Å²) in [7, 11) is 0. The van der Waals surface area contributed by atoms with Crippen LogP contribution < -0.4 is 5.32 Å². The number of hydrogen-bond acceptors (Lipinski definition) is 3. The first-order chi connectivity index (χ1) is 7.92. The smallest absolute Gasteiger partial charge is 0.100 e. The van der Waals surface area contributed by atoms with Crippen LogP contribution in [0.1, 0.15) is 11.7 Å². The predicted molar refractivity (Wildman–Crippen MR) is 64.9 cm³/mol. The van der Waals surface area contributed by atoms with Crippen molar-refractivity contribution in [2.45, 2.75) is 6.17 Å². The van der Waals surface area contributed by atoms with Gasteiger partial charge in [0, 0.05) is 19.6 Å². The van der Waals surface area contributed by atoms with Gasteiger partial charge in [0.15, 0.2) is 0 Å². The fourth-order valence-electron chi connectivity index (χ4n) is 2.06. The zero-order valence-corrected chi connectivity index (χ0v) is 9.43. The van der Waals surface area contributed by atoms with Gasteiger partial charge in [-0.2, -0.15) is 0 Å². The van der Waals surface area contributed by atoms with Crippen LogP contribution in [0, 0.1) is 0 Å². The van der Waals surface area contributed by atoms with E-state index in [-0.39, 0.29) is 0 Å². The fourth-order valence-corrected chi connectivity index (χ4v) is 2.06. The van der Waals surface area contributed by atoms with Gasteiger partial charge in [-0.1, -0.05) is 36.9 Å². The highest BCUT2D eigenvalue weighted by atomic mass is 16.5. The van der Waals surface area contributed by atoms with E-state index in [9.17, 15) is 0 Å². The molecule has 1 N–H and O–H groups in total. The monoisotopic (exact) mass is 218 g/mol. The fraction of sp³-hybridized carbons (Fsp3) is 0.385. The summed E-state index contributed by atoms with van der Waals surface area (Å²) in [5, 5.41) is 3.49. The van der Waals surface area contributed by atoms with Gasteiger partial charge in [0.25, 0.3) is 0 Å². The Bertz CT molecular complexity index is 326. The molecule has 1 fully saturated rings. The maximum Gasteiger partial charge on any atom is 0.100 e. The molecule has 0 saturated carbocycles. The van der Waals surface area contributed by atoms with Crippen LogP contribution in [0.4, 0.5) is 0 Å². The lowest BCUT2D eigenvalue weighted by atomic mass is 10.1. The standard InChI is InChI=1S/C13H18N2O/c1-2-16-11-10-15-9-8-14-13(15)12-6-4-3-5-7-12/h2-7,13-14H,1,8-11H2. The number of hydrogen-bond donors (Lipinski definition) is 1. The number of nitrogens with one attached hydrogen (secondary N) is 1. The molecule has 1 atom stereocenters. The average Bonchev–Trinajstić information content (AvgIpc) is 2.79. The van der Waals surface area contributed by atoms with E-state index in [0.29, 0.717) is 12.8 Å². The zero-order chi connectivity index (χ0) is 11.2. The number of rotatable bonds is 5. The van der Waals surface area contributed by atoms with E-state index >= 15 is 0 Å². The van der Waals surface area contributed by atoms with Crippen LogP contribution in [0.2, 0.25) is 0 Å². The Morgan fingerprint density at radius 2 is 2.25 bits per heavy atom. The van der Waals surface area contributed by atoms with Crippen molar-refractivity contribution in [1.29, 1.82) is 0 Å². The van der Waals surface area contributed by atoms with E-state index in [1.54, 1.807) is 0 Å². The van der Waals surface area contributed by atoms with Crippen molar-refractivity contribution in [3.8, 4) is 0 Å². The van der Waals surface area contributed by atoms with Gasteiger partial charge in [-0.3, -0.25) is 10.2 Å². The summed E-state index contributed by atoms with van der Waals surface area (Å²) in [4.78, 5) is 2.39. The van der Waals surface area contributed by atoms with Gasteiger partial charge in [-0.25, -0.2) is 0 Å². The molecule has 1 aliphatic rings. The summed E-state index contributed by atoms with van der Waals surface area (Å²) in [6.07, 6.45) is 1.83. The number of nitrogens with zero attached hydrogens (tertiary/aromatic N) is 1. The highest BCUT2D eigenvalue weighted by Crippen LogP contribution is 2.20. The van der Waals surface area contributed by atoms with Crippen LogP contribution in [0.3, 0.4) is 0 Å². The lowest BCUT2D eigenvalue weighted by Gasteiger charge is -2.23. The lowest BCUT2D eigenvalue weighted by molar-refractivity contribution is 0.164. The molecular weight excluding hydrogens is 200 g/mol. The summed E-state index contributed by atoms with van der Waals surface area (Å²) in [5.74, 6) is 0. The van der Waals surface area contributed by atoms with E-state index in [1.165, 1.54) is 11.8 Å². The molecule has 0 radical (unpaired) electrons. The molecule has 1 aromatic carbocycles. The molecule has 0 spiro atoms. The molecule has 86 valence electrons. The van der Waals surface area contributed by atoms with Gasteiger partial charge in [-0.15, -0.1) is 0 Å². The molecule has 2 rings (SSSR count). The van der Waals surface area contributed by atoms with Crippen LogP contribution >= 0.6 is 0 Å². The summed E-state index contributed by atoms with van der Waals surface area (Å²) in [6.45, 7) is 7.28. The first-order valence-electron chi connectivity index (χ1n) is 5.66. The average molecular weight is 218 g/mol. The topological polar surface area (TPSA) is 24.5 Å². The van der Waals surface area contributed by atoms with Crippen LogP contribution in [-0.4, -0.2) is 31.1 Å². The van der Waals surface area contributed by atoms with Crippen molar-refractivity contribution in [2.75, 3.05) is 26.2 Å². The molecular formula is C13H18N2O. The molecule has 0 bridgehead atoms. The van der Waals surface area contributed by atoms with Gasteiger partial charge in [0.2, 0.25) is 0 Å². The Morgan fingerprint density at radius 3 is 3.00 bits per heavy atom. The van der Waals surface area contributed by atoms with E-state index in [2.05, 4.69) is 41.1 Å². The van der Waals surface area contributed by atoms with Crippen molar-refractivity contribution in [1.82, 2.24) is 10.2 Å². The van der Waals surface area contributed by atoms with Crippen LogP contribution in [-0.2, 0) is 4.74 Å². The first-order valence-corrected chi connectivity index (χ1v) is 5.66. The molecule has 1 heterocycles. The zero-order valence-electron chi connectivity index (χ0n) is 9.43. The normalized spacial score (nSPS) is 20.9. The third kappa shape index (κ3) is 2.62. The van der Waals surface area contributed by atoms with Crippen LogP contribution in [0.15, 0.2) is 43.2 Å². The van der Waals surface area contributed by atoms with Gasteiger partial charge < -0.3 is 4.74 Å². The maximum atomic E-state index is 5.17. The maximum absolute atomic E-state index is 5.17. The highest BCUT2D eigenvalue weighted by molar-refractivity contribution is 5.19. The molecule has 1 unspecified atom stereocenters. The number of ether oxygens (including phenoxy) is 1. The quantitative estimate of drug-likeness (QED) is 0.602. The van der Waals surface area contributed by atoms with Crippen molar-refractivity contribution in [3.05, 3.63) is 48.7 Å². The minimum atomic E-state index is 0.328. The van der Waals surface area contributed by atoms with Crippen molar-refractivity contribution in [3.63, 3.8) is 0 Å². The number of benzene rings is 1. The Balaban J connectivity index is 1.95. The van der Waals surface area contributed by atoms with Gasteiger partial charge in [-0.05, 0) is 5.56 Å². The van der Waals surface area contributed by atoms with Crippen LogP contribution in [0.25, 0.3) is 0 Å². The molecule has 1 aromatic rings. The van der Waals surface area contributed by atoms with Gasteiger partial charge >= 0.3 is 0 Å². The molecule has 1 aliphatic heterocycles. The van der Waals surface area contributed by atoms with E-state index in [1.807, 2.05) is 6.07 Å². The molecule has 3 nitrogen and oxygen atoms in total. The lowest BCUT2D eigenvalue weighted by Crippen LogP contribution is -2.30. The SMILES string of the molecule is C=COCCN1CCNC1c1ccccc1. The molecule has 0 aromatic heterocycles. The van der Waals surface area contributed by atoms with Crippen molar-refractivity contribution in [2.24, 2.45) is 0 Å². The molecule has 0 amide bonds. The Labute approximate surface area is 96.7 Å². The predicted octanol–water partition coefficient (Wildman–Crippen LogP) is 1.75. The third-order valence-electron chi connectivity index (χ3n) is 2.83. The minimum absolute atomic E-state index is 0.328. The van der Waals surface area contributed by atoms with Crippen LogP contribution in [0.5, 0.6) is 0 Å². The second-order valence-electron chi connectivity index (χ2n) is 3.84. The first kappa shape index (κ1) is 11.2.